The molecule has 16 N–H and O–H groups in total. The number of amides is 7. The number of ether oxygens (including phenoxy) is 3. The van der Waals surface area contributed by atoms with Crippen molar-refractivity contribution < 1.29 is 88.2 Å². The number of phenolic OH excluding ortho intramolecular Hbond substituents is 1. The Bertz CT molecular complexity index is 3230. The number of nitrogens with two attached hydrogens (primary N) is 2. The van der Waals surface area contributed by atoms with Crippen LogP contribution in [0.1, 0.15) is 74.7 Å². The number of aliphatic hydroxyl groups is 6. The normalized spacial score (nSPS) is 25.7. The summed E-state index contributed by atoms with van der Waals surface area (Å²) in [6.07, 6.45) is -7.78. The van der Waals surface area contributed by atoms with Gasteiger partial charge in [0.05, 0.1) is 42.2 Å². The lowest BCUT2D eigenvalue weighted by Crippen LogP contribution is -2.64. The number of nitrogens with one attached hydrogen (secondary N) is 5. The number of hydrogen-bond donors (Lipinski definition) is 14. The van der Waals surface area contributed by atoms with E-state index in [1.165, 1.54) is 48.6 Å². The van der Waals surface area contributed by atoms with Crippen molar-refractivity contribution in [1.82, 2.24) is 41.5 Å². The molecule has 4 saturated heterocycles. The molecule has 514 valence electrons. The number of piperidine rings is 1. The topological polar surface area (TPSA) is 427 Å². The summed E-state index contributed by atoms with van der Waals surface area (Å²) in [4.78, 5) is 106. The van der Waals surface area contributed by atoms with Crippen LogP contribution in [0.5, 0.6) is 11.5 Å². The van der Waals surface area contributed by atoms with Crippen molar-refractivity contribution in [3.05, 3.63) is 77.9 Å². The van der Waals surface area contributed by atoms with E-state index in [9.17, 15) is 69.3 Å². The molecule has 7 amide bonds. The molecule has 13 atom stereocenters. The highest BCUT2D eigenvalue weighted by Gasteiger charge is 2.50. The lowest BCUT2D eigenvalue weighted by Gasteiger charge is -2.34. The van der Waals surface area contributed by atoms with Gasteiger partial charge in [-0.05, 0) is 129 Å². The maximum absolute atomic E-state index is 14.7. The summed E-state index contributed by atoms with van der Waals surface area (Å²) in [5.41, 5.74) is 14.5. The Balaban J connectivity index is 1.03. The molecule has 4 aliphatic rings. The van der Waals surface area contributed by atoms with E-state index in [1.807, 2.05) is 12.1 Å². The molecule has 0 unspecified atom stereocenters. The number of aromatic nitrogens is 2. The number of rotatable bonds is 22. The predicted molar refractivity (Wildman–Crippen MR) is 342 cm³/mol. The second kappa shape index (κ2) is 33.8. The summed E-state index contributed by atoms with van der Waals surface area (Å²) in [7, 11) is 3.51. The molecule has 30 heteroatoms. The lowest BCUT2D eigenvalue weighted by molar-refractivity contribution is -0.714. The minimum Gasteiger partial charge on any atom is -0.504 e. The minimum atomic E-state index is -2.04. The third-order valence-electron chi connectivity index (χ3n) is 17.5. The van der Waals surface area contributed by atoms with Crippen LogP contribution in [0.25, 0.3) is 21.1 Å². The number of carbonyl (C=O) groups is 7. The van der Waals surface area contributed by atoms with Crippen LogP contribution in [0.4, 0.5) is 5.69 Å². The number of phenols is 1. The Kier molecular flexibility index (Phi) is 26.0. The lowest BCUT2D eigenvalue weighted by atomic mass is 9.97. The fourth-order valence-corrected chi connectivity index (χ4v) is 13.2. The minimum absolute atomic E-state index is 0.00456. The SMILES string of the molecule is COCCCCOCC1CCN(c2ccc(-c3n[n+](C)c(-c4ccc(C(=O)N[C@H]5C[C@@H](O)CNC(=O)[C@@H]6[C@@H](O)[C@@H](C)CN6C(=O)[C@H]([C@H](O)CCN)NC(=O)[C@H]([C@H](O)Cc6ccc(O)c(OCCN)c6)NC(=O)[C@@H]6C[C@@H](O)CN6C(=O)[C@H]([C@@H](C)O)NC5=O)cc4)s3)cc2)CC1. The number of hydrogen-bond acceptors (Lipinski definition) is 22. The monoisotopic (exact) mass is 1330 g/mol. The fraction of sp³-hybridized carbons (Fsp3) is 0.578. The Morgan fingerprint density at radius 3 is 2.13 bits per heavy atom. The molecule has 1 aromatic heterocycles. The summed E-state index contributed by atoms with van der Waals surface area (Å²) >= 11 is 1.44. The molecule has 4 aliphatic heterocycles. The number of nitrogens with zero attached hydrogens (tertiary/aromatic N) is 5. The molecule has 4 fully saturated rings. The zero-order chi connectivity index (χ0) is 67.9. The van der Waals surface area contributed by atoms with E-state index in [0.717, 1.165) is 96.6 Å². The fourth-order valence-electron chi connectivity index (χ4n) is 12.2. The van der Waals surface area contributed by atoms with Crippen LogP contribution < -0.4 is 52.4 Å². The first-order valence-corrected chi connectivity index (χ1v) is 32.8. The van der Waals surface area contributed by atoms with Gasteiger partial charge in [0.15, 0.2) is 23.6 Å². The summed E-state index contributed by atoms with van der Waals surface area (Å²) in [6, 6.07) is 7.75. The molecule has 0 radical (unpaired) electrons. The second-order valence-electron chi connectivity index (χ2n) is 24.7. The van der Waals surface area contributed by atoms with Crippen molar-refractivity contribution >= 4 is 58.4 Å². The quantitative estimate of drug-likeness (QED) is 0.0281. The van der Waals surface area contributed by atoms with E-state index in [2.05, 4.69) is 43.6 Å². The Hall–Kier alpha value is -7.49. The van der Waals surface area contributed by atoms with E-state index >= 15 is 0 Å². The highest BCUT2D eigenvalue weighted by atomic mass is 32.1. The van der Waals surface area contributed by atoms with E-state index in [0.29, 0.717) is 11.5 Å². The van der Waals surface area contributed by atoms with Crippen LogP contribution in [0, 0.1) is 11.8 Å². The van der Waals surface area contributed by atoms with Crippen molar-refractivity contribution in [3.8, 4) is 32.6 Å². The molecule has 29 nitrogen and oxygen atoms in total. The number of methoxy groups -OCH3 is 1. The Labute approximate surface area is 549 Å². The number of β-amino-alcohol motifs (C(OH)–C–C–N with tert-alkyl or cyclic N) is 1. The highest BCUT2D eigenvalue weighted by molar-refractivity contribution is 7.17. The number of unbranched alkanes of at least 4 members (excludes halogenated alkanes) is 1. The zero-order valence-corrected chi connectivity index (χ0v) is 54.2. The number of anilines is 1. The number of carbonyl (C=O) groups excluding carboxylic acids is 7. The van der Waals surface area contributed by atoms with Gasteiger partial charge in [0.25, 0.3) is 10.9 Å². The van der Waals surface area contributed by atoms with Gasteiger partial charge in [0, 0.05) is 113 Å². The standard InChI is InChI=1S/C64H90N12O17S/c1-35-32-76-54(55(35)83)60(88)67-31-43(78)29-45(68-56(84)39-8-10-41(11-9-39)64-73(3)72-61(94-64)40-12-14-42(15-13-40)74-22-18-37(19-23-74)34-92-25-6-5-24-91-4)57(85)69-51(36(2)77)62(89)75-33-44(79)30-46(75)58(86)70-52(59(87)71-53(63(76)90)48(81)17-20-65)49(82)27-38-7-16-47(80)50(28-38)93-26-21-66/h7-16,28,35-37,43-46,48-49,51-55,77-79,81-83H,5-6,17-27,29-34,65-66H2,1-4H3,(H5-,67,68,69,70,71,80,84,85,86,87,88)/p+1/t35-,36+,43+,44+,45-,46-,48+,49+,51-,52-,53-,54-,55-/m0/s1. The third-order valence-corrected chi connectivity index (χ3v) is 18.7. The molecule has 5 heterocycles. The average molecular weight is 1330 g/mol. The molecule has 0 saturated carbocycles. The van der Waals surface area contributed by atoms with Crippen molar-refractivity contribution in [2.24, 2.45) is 30.4 Å². The number of aromatic hydroxyl groups is 1. The van der Waals surface area contributed by atoms with Crippen molar-refractivity contribution in [1.29, 1.82) is 0 Å². The third kappa shape index (κ3) is 18.3. The van der Waals surface area contributed by atoms with Crippen molar-refractivity contribution in [3.63, 3.8) is 0 Å². The maximum Gasteiger partial charge on any atom is 0.296 e. The van der Waals surface area contributed by atoms with Gasteiger partial charge >= 0.3 is 0 Å². The first-order chi connectivity index (χ1) is 45.0. The van der Waals surface area contributed by atoms with Gasteiger partial charge in [-0.3, -0.25) is 33.6 Å². The molecule has 0 bridgehead atoms. The maximum atomic E-state index is 14.7. The summed E-state index contributed by atoms with van der Waals surface area (Å²) in [5, 5.41) is 97.9. The highest BCUT2D eigenvalue weighted by Crippen LogP contribution is 2.33. The number of fused-ring (bicyclic) bond motifs is 2. The summed E-state index contributed by atoms with van der Waals surface area (Å²) in [6.45, 7) is 5.19. The molecule has 0 spiro atoms. The Morgan fingerprint density at radius 2 is 1.45 bits per heavy atom. The molecule has 4 aromatic rings. The molecule has 94 heavy (non-hydrogen) atoms. The van der Waals surface area contributed by atoms with Gasteiger partial charge in [0.2, 0.25) is 35.4 Å². The Morgan fingerprint density at radius 1 is 0.777 bits per heavy atom. The van der Waals surface area contributed by atoms with Gasteiger partial charge in [-0.1, -0.05) is 17.7 Å². The van der Waals surface area contributed by atoms with Crippen LogP contribution in [-0.4, -0.2) is 244 Å². The molecule has 8 rings (SSSR count). The van der Waals surface area contributed by atoms with E-state index in [1.54, 1.807) is 31.0 Å². The number of aliphatic hydroxyl groups excluding tert-OH is 6. The second-order valence-corrected chi connectivity index (χ2v) is 25.7. The average Bonchev–Trinajstić information content (AvgIpc) is 1.63. The largest absolute Gasteiger partial charge is 0.504 e. The zero-order valence-electron chi connectivity index (χ0n) is 53.4. The predicted octanol–water partition coefficient (Wildman–Crippen LogP) is -2.70. The van der Waals surface area contributed by atoms with Gasteiger partial charge in [-0.2, -0.15) is 0 Å². The van der Waals surface area contributed by atoms with Crippen LogP contribution in [0.3, 0.4) is 0 Å². The van der Waals surface area contributed by atoms with Crippen LogP contribution in [-0.2, 0) is 51.7 Å². The van der Waals surface area contributed by atoms with E-state index in [4.69, 9.17) is 30.8 Å². The molecule has 3 aromatic carbocycles. The number of aryl methyl sites for hydroxylation is 1. The van der Waals surface area contributed by atoms with Crippen molar-refractivity contribution in [2.45, 2.75) is 138 Å². The smallest absolute Gasteiger partial charge is 0.296 e. The van der Waals surface area contributed by atoms with E-state index < -0.39 is 152 Å². The van der Waals surface area contributed by atoms with E-state index in [-0.39, 0.29) is 55.3 Å². The van der Waals surface area contributed by atoms with Crippen LogP contribution >= 0.6 is 11.3 Å². The first kappa shape index (κ1) is 72.3. The van der Waals surface area contributed by atoms with Crippen LogP contribution in [0.2, 0.25) is 0 Å². The van der Waals surface area contributed by atoms with Gasteiger partial charge in [-0.25, -0.2) is 0 Å². The summed E-state index contributed by atoms with van der Waals surface area (Å²) < 4.78 is 18.3. The summed E-state index contributed by atoms with van der Waals surface area (Å²) in [5.74, 6) is -8.08. The molecular formula is C64H91N12O17S+. The first-order valence-electron chi connectivity index (χ1n) is 31.9. The van der Waals surface area contributed by atoms with Gasteiger partial charge in [-0.15, -0.1) is 0 Å². The number of benzene rings is 3. The van der Waals surface area contributed by atoms with Crippen LogP contribution in [0.15, 0.2) is 66.7 Å². The van der Waals surface area contributed by atoms with Crippen molar-refractivity contribution in [2.75, 3.05) is 84.3 Å². The molecular weight excluding hydrogens is 1240 g/mol. The van der Waals surface area contributed by atoms with Gasteiger partial charge in [0.1, 0.15) is 42.9 Å². The molecule has 0 aliphatic carbocycles. The van der Waals surface area contributed by atoms with Gasteiger partial charge < -0.3 is 103 Å².